The van der Waals surface area contributed by atoms with Gasteiger partial charge in [0.25, 0.3) is 0 Å². The second-order valence-corrected chi connectivity index (χ2v) is 0.753. The molecule has 0 heterocycles. The molecule has 5 heteroatoms. The molecule has 0 bridgehead atoms. The van der Waals surface area contributed by atoms with Crippen LogP contribution in [0.2, 0.25) is 0 Å². The van der Waals surface area contributed by atoms with Gasteiger partial charge >= 0.3 is 29.6 Å². The van der Waals surface area contributed by atoms with Crippen molar-refractivity contribution in [3.05, 3.63) is 0 Å². The largest absolute Gasteiger partial charge is 1.00 e. The van der Waals surface area contributed by atoms with Crippen LogP contribution in [0.25, 0.3) is 0 Å². The SMILES string of the molecule is NNCC(=O)[O-].[Na+]. The molecule has 0 fully saturated rings. The average Bonchev–Trinajstić information content (AvgIpc) is 1.35. The van der Waals surface area contributed by atoms with Crippen molar-refractivity contribution in [2.75, 3.05) is 6.54 Å². The van der Waals surface area contributed by atoms with E-state index in [1.807, 2.05) is 5.43 Å². The molecule has 36 valence electrons. The Morgan fingerprint density at radius 1 is 1.86 bits per heavy atom. The number of aliphatic carboxylic acids is 1. The number of carboxylic acids is 1. The van der Waals surface area contributed by atoms with Gasteiger partial charge in [-0.25, -0.2) is 0 Å². The van der Waals surface area contributed by atoms with Gasteiger partial charge in [0, 0.05) is 6.54 Å². The van der Waals surface area contributed by atoms with Gasteiger partial charge < -0.3 is 9.90 Å². The number of hydrogen-bond acceptors (Lipinski definition) is 4. The van der Waals surface area contributed by atoms with E-state index >= 15 is 0 Å². The Hall–Kier alpha value is 0.390. The van der Waals surface area contributed by atoms with Crippen molar-refractivity contribution in [1.82, 2.24) is 5.43 Å². The van der Waals surface area contributed by atoms with E-state index in [0.717, 1.165) is 0 Å². The summed E-state index contributed by atoms with van der Waals surface area (Å²) in [5.74, 6) is 3.36. The molecule has 0 spiro atoms. The van der Waals surface area contributed by atoms with Crippen molar-refractivity contribution in [2.24, 2.45) is 5.84 Å². The van der Waals surface area contributed by atoms with E-state index in [0.29, 0.717) is 0 Å². The zero-order chi connectivity index (χ0) is 4.99. The number of hydrogen-bond donors (Lipinski definition) is 2. The summed E-state index contributed by atoms with van der Waals surface area (Å²) in [7, 11) is 0. The third kappa shape index (κ3) is 10.7. The fraction of sp³-hybridized carbons (Fsp3) is 0.500. The topological polar surface area (TPSA) is 78.2 Å². The van der Waals surface area contributed by atoms with Gasteiger partial charge in [0.15, 0.2) is 0 Å². The maximum absolute atomic E-state index is 9.35. The van der Waals surface area contributed by atoms with E-state index in [-0.39, 0.29) is 36.1 Å². The Morgan fingerprint density at radius 3 is 2.29 bits per heavy atom. The quantitative estimate of drug-likeness (QED) is 0.212. The average molecular weight is 112 g/mol. The summed E-state index contributed by atoms with van der Waals surface area (Å²) in [6.07, 6.45) is 0. The van der Waals surface area contributed by atoms with Crippen LogP contribution in [0.3, 0.4) is 0 Å². The van der Waals surface area contributed by atoms with Crippen molar-refractivity contribution < 1.29 is 39.5 Å². The van der Waals surface area contributed by atoms with E-state index in [1.165, 1.54) is 0 Å². The molecule has 0 radical (unpaired) electrons. The molecule has 0 aromatic rings. The van der Waals surface area contributed by atoms with Gasteiger partial charge in [0.2, 0.25) is 0 Å². The predicted molar refractivity (Wildman–Crippen MR) is 17.2 cm³/mol. The minimum absolute atomic E-state index is 0. The summed E-state index contributed by atoms with van der Waals surface area (Å²) in [6, 6.07) is 0. The van der Waals surface area contributed by atoms with Gasteiger partial charge in [0.05, 0.1) is 5.97 Å². The van der Waals surface area contributed by atoms with Gasteiger partial charge in [-0.05, 0) is 0 Å². The minimum Gasteiger partial charge on any atom is -0.549 e. The molecular formula is C2H5N2NaO2. The van der Waals surface area contributed by atoms with E-state index < -0.39 is 5.97 Å². The number of nitrogens with two attached hydrogens (primary N) is 1. The van der Waals surface area contributed by atoms with E-state index in [2.05, 4.69) is 5.84 Å². The first kappa shape index (κ1) is 10.4. The molecule has 0 amide bonds. The van der Waals surface area contributed by atoms with Crippen LogP contribution in [0, 0.1) is 0 Å². The number of hydrazine groups is 1. The van der Waals surface area contributed by atoms with Gasteiger partial charge in [0.1, 0.15) is 0 Å². The van der Waals surface area contributed by atoms with E-state index in [9.17, 15) is 9.90 Å². The number of carboxylic acid groups (broad SMARTS) is 1. The molecule has 0 aliphatic rings. The summed E-state index contributed by atoms with van der Waals surface area (Å²) in [4.78, 5) is 9.35. The zero-order valence-electron chi connectivity index (χ0n) is 4.10. The Labute approximate surface area is 63.3 Å². The molecule has 0 aromatic heterocycles. The Bertz CT molecular complexity index is 57.7. The molecule has 7 heavy (non-hydrogen) atoms. The van der Waals surface area contributed by atoms with Crippen molar-refractivity contribution >= 4 is 5.97 Å². The summed E-state index contributed by atoms with van der Waals surface area (Å²) < 4.78 is 0. The molecule has 4 nitrogen and oxygen atoms in total. The monoisotopic (exact) mass is 112 g/mol. The van der Waals surface area contributed by atoms with Crippen molar-refractivity contribution in [3.8, 4) is 0 Å². The van der Waals surface area contributed by atoms with Gasteiger partial charge in [-0.15, -0.1) is 0 Å². The third-order valence-electron chi connectivity index (χ3n) is 0.246. The standard InChI is InChI=1S/C2H6N2O2.Na/c3-4-1-2(5)6;/h4H,1,3H2,(H,5,6);/q;+1/p-1. The first-order chi connectivity index (χ1) is 2.77. The fourth-order valence-corrected chi connectivity index (χ4v) is 0.0833. The molecule has 0 aliphatic heterocycles. The van der Waals surface area contributed by atoms with Crippen LogP contribution < -0.4 is 45.9 Å². The molecule has 0 atom stereocenters. The number of carbonyl (C=O) groups is 1. The molecule has 0 rings (SSSR count). The van der Waals surface area contributed by atoms with Crippen LogP contribution in [-0.2, 0) is 4.79 Å². The minimum atomic E-state index is -1.20. The normalized spacial score (nSPS) is 7.00. The van der Waals surface area contributed by atoms with E-state index in [4.69, 9.17) is 0 Å². The molecule has 0 saturated carbocycles. The van der Waals surface area contributed by atoms with Gasteiger partial charge in [-0.3, -0.25) is 11.3 Å². The Morgan fingerprint density at radius 2 is 2.29 bits per heavy atom. The molecule has 0 aliphatic carbocycles. The van der Waals surface area contributed by atoms with Crippen LogP contribution in [0.5, 0.6) is 0 Å². The Balaban J connectivity index is 0. The maximum Gasteiger partial charge on any atom is 1.00 e. The van der Waals surface area contributed by atoms with Crippen molar-refractivity contribution in [1.29, 1.82) is 0 Å². The number of nitrogens with one attached hydrogen (secondary N) is 1. The molecule has 3 N–H and O–H groups in total. The van der Waals surface area contributed by atoms with Crippen LogP contribution in [0.1, 0.15) is 0 Å². The fourth-order valence-electron chi connectivity index (χ4n) is 0.0833. The summed E-state index contributed by atoms with van der Waals surface area (Å²) in [6.45, 7) is -0.292. The predicted octanol–water partition coefficient (Wildman–Crippen LogP) is -5.80. The maximum atomic E-state index is 9.35. The third-order valence-corrected chi connectivity index (χ3v) is 0.246. The van der Waals surface area contributed by atoms with Crippen molar-refractivity contribution in [3.63, 3.8) is 0 Å². The van der Waals surface area contributed by atoms with Gasteiger partial charge in [-0.1, -0.05) is 0 Å². The number of carbonyl (C=O) groups excluding carboxylic acids is 1. The second kappa shape index (κ2) is 6.39. The van der Waals surface area contributed by atoms with Crippen LogP contribution in [-0.4, -0.2) is 12.5 Å². The van der Waals surface area contributed by atoms with E-state index in [1.54, 1.807) is 0 Å². The first-order valence-electron chi connectivity index (χ1n) is 1.40. The summed E-state index contributed by atoms with van der Waals surface area (Å²) >= 11 is 0. The first-order valence-corrected chi connectivity index (χ1v) is 1.40. The smallest absolute Gasteiger partial charge is 0.549 e. The molecular weight excluding hydrogens is 107 g/mol. The Kier molecular flexibility index (Phi) is 9.48. The van der Waals surface area contributed by atoms with Crippen molar-refractivity contribution in [2.45, 2.75) is 0 Å². The zero-order valence-corrected chi connectivity index (χ0v) is 6.10. The summed E-state index contributed by atoms with van der Waals surface area (Å²) in [5, 5.41) is 9.35. The van der Waals surface area contributed by atoms with Crippen LogP contribution >= 0.6 is 0 Å². The number of rotatable bonds is 2. The van der Waals surface area contributed by atoms with Gasteiger partial charge in [-0.2, -0.15) is 0 Å². The summed E-state index contributed by atoms with van der Waals surface area (Å²) in [5.41, 5.74) is 1.91. The van der Waals surface area contributed by atoms with Crippen LogP contribution in [0.15, 0.2) is 0 Å². The molecule has 0 saturated heterocycles. The molecule has 0 unspecified atom stereocenters. The molecule has 0 aromatic carbocycles. The second-order valence-electron chi connectivity index (χ2n) is 0.753. The van der Waals surface area contributed by atoms with Crippen LogP contribution in [0.4, 0.5) is 0 Å².